The molecule has 0 fully saturated rings. The monoisotopic (exact) mass is 175 g/mol. The molecule has 0 aliphatic heterocycles. The van der Waals surface area contributed by atoms with Crippen molar-refractivity contribution in [1.82, 2.24) is 0 Å². The predicted octanol–water partition coefficient (Wildman–Crippen LogP) is 0.785. The summed E-state index contributed by atoms with van der Waals surface area (Å²) in [5.74, 6) is 0. The van der Waals surface area contributed by atoms with E-state index in [1.165, 1.54) is 5.56 Å². The van der Waals surface area contributed by atoms with Crippen LogP contribution in [0, 0.1) is 0 Å². The lowest BCUT2D eigenvalue weighted by atomic mass is 10.2. The first-order valence-corrected chi connectivity index (χ1v) is 3.17. The van der Waals surface area contributed by atoms with Crippen molar-refractivity contribution in [2.75, 3.05) is 6.54 Å². The Labute approximate surface area is 73.1 Å². The molecule has 0 amide bonds. The van der Waals surface area contributed by atoms with Crippen LogP contribution in [-0.4, -0.2) is 12.0 Å². The number of hydrogen-bond acceptors (Lipinski definition) is 1. The average Bonchev–Trinajstić information content (AvgIpc) is 1.91. The van der Waals surface area contributed by atoms with Gasteiger partial charge in [0, 0.05) is 0 Å². The van der Waals surface area contributed by atoms with Crippen molar-refractivity contribution in [3.63, 3.8) is 0 Å². The summed E-state index contributed by atoms with van der Waals surface area (Å²) in [5, 5.41) is 0. The van der Waals surface area contributed by atoms with Gasteiger partial charge in [0.2, 0.25) is 0 Å². The third-order valence-corrected chi connectivity index (χ3v) is 1.28. The minimum Gasteiger partial charge on any atom is -0.412 e. The molecule has 0 spiro atoms. The molecular formula is C8H14ClNO. The first-order valence-electron chi connectivity index (χ1n) is 3.17. The van der Waals surface area contributed by atoms with Crippen LogP contribution in [-0.2, 0) is 6.42 Å². The number of nitrogens with two attached hydrogens (primary N) is 1. The van der Waals surface area contributed by atoms with Crippen LogP contribution < -0.4 is 5.73 Å². The van der Waals surface area contributed by atoms with E-state index in [1.807, 2.05) is 18.2 Å². The Balaban J connectivity index is 0. The summed E-state index contributed by atoms with van der Waals surface area (Å²) in [6.07, 6.45) is 0.987. The molecule has 3 heteroatoms. The topological polar surface area (TPSA) is 57.5 Å². The fraction of sp³-hybridized carbons (Fsp3) is 0.250. The molecule has 0 heterocycles. The normalized spacial score (nSPS) is 7.73. The molecule has 0 aliphatic rings. The van der Waals surface area contributed by atoms with Gasteiger partial charge in [0.25, 0.3) is 0 Å². The lowest BCUT2D eigenvalue weighted by Crippen LogP contribution is -2.01. The lowest BCUT2D eigenvalue weighted by Gasteiger charge is -1.93. The van der Waals surface area contributed by atoms with Gasteiger partial charge in [0.1, 0.15) is 0 Å². The molecule has 64 valence electrons. The zero-order chi connectivity index (χ0) is 6.53. The molecule has 0 atom stereocenters. The summed E-state index contributed by atoms with van der Waals surface area (Å²) in [5.41, 5.74) is 6.68. The Morgan fingerprint density at radius 2 is 1.64 bits per heavy atom. The van der Waals surface area contributed by atoms with Gasteiger partial charge in [-0.1, -0.05) is 30.3 Å². The summed E-state index contributed by atoms with van der Waals surface area (Å²) in [7, 11) is 0. The minimum atomic E-state index is 0. The SMILES string of the molecule is Cl.NCCc1ccccc1.O. The number of benzene rings is 1. The fourth-order valence-corrected chi connectivity index (χ4v) is 0.811. The van der Waals surface area contributed by atoms with E-state index >= 15 is 0 Å². The lowest BCUT2D eigenvalue weighted by molar-refractivity contribution is 0.824. The zero-order valence-electron chi connectivity index (χ0n) is 6.29. The second-order valence-electron chi connectivity index (χ2n) is 2.02. The van der Waals surface area contributed by atoms with Gasteiger partial charge >= 0.3 is 0 Å². The smallest absolute Gasteiger partial charge is 0.00367 e. The molecule has 2 nitrogen and oxygen atoms in total. The molecule has 0 saturated carbocycles. The highest BCUT2D eigenvalue weighted by Gasteiger charge is 1.84. The summed E-state index contributed by atoms with van der Waals surface area (Å²) in [6, 6.07) is 10.3. The molecule has 0 aliphatic carbocycles. The van der Waals surface area contributed by atoms with Crippen LogP contribution in [0.2, 0.25) is 0 Å². The number of rotatable bonds is 2. The molecule has 0 radical (unpaired) electrons. The minimum absolute atomic E-state index is 0. The maximum Gasteiger partial charge on any atom is -0.00367 e. The highest BCUT2D eigenvalue weighted by atomic mass is 35.5. The van der Waals surface area contributed by atoms with Gasteiger partial charge in [-0.15, -0.1) is 12.4 Å². The molecule has 1 aromatic rings. The summed E-state index contributed by atoms with van der Waals surface area (Å²) in [6.45, 7) is 0.740. The van der Waals surface area contributed by atoms with Gasteiger partial charge < -0.3 is 11.2 Å². The van der Waals surface area contributed by atoms with Crippen molar-refractivity contribution < 1.29 is 5.48 Å². The van der Waals surface area contributed by atoms with Gasteiger partial charge in [0.05, 0.1) is 0 Å². The quantitative estimate of drug-likeness (QED) is 0.710. The maximum absolute atomic E-state index is 5.36. The molecule has 0 unspecified atom stereocenters. The third kappa shape index (κ3) is 4.79. The van der Waals surface area contributed by atoms with Crippen molar-refractivity contribution in [1.29, 1.82) is 0 Å². The molecule has 1 rings (SSSR count). The fourth-order valence-electron chi connectivity index (χ4n) is 0.811. The van der Waals surface area contributed by atoms with Crippen molar-refractivity contribution in [3.05, 3.63) is 35.9 Å². The Kier molecular flexibility index (Phi) is 8.94. The van der Waals surface area contributed by atoms with Gasteiger partial charge in [-0.3, -0.25) is 0 Å². The van der Waals surface area contributed by atoms with Crippen LogP contribution in [0.3, 0.4) is 0 Å². The second kappa shape index (κ2) is 7.54. The van der Waals surface area contributed by atoms with Crippen LogP contribution in [0.4, 0.5) is 0 Å². The Morgan fingerprint density at radius 3 is 2.09 bits per heavy atom. The van der Waals surface area contributed by atoms with Gasteiger partial charge in [0.15, 0.2) is 0 Å². The van der Waals surface area contributed by atoms with Crippen LogP contribution in [0.15, 0.2) is 30.3 Å². The van der Waals surface area contributed by atoms with Gasteiger partial charge in [-0.2, -0.15) is 0 Å². The molecule has 4 N–H and O–H groups in total. The number of hydrogen-bond donors (Lipinski definition) is 1. The van der Waals surface area contributed by atoms with E-state index in [9.17, 15) is 0 Å². The average molecular weight is 176 g/mol. The molecule has 11 heavy (non-hydrogen) atoms. The molecular weight excluding hydrogens is 162 g/mol. The highest BCUT2D eigenvalue weighted by Crippen LogP contribution is 1.96. The van der Waals surface area contributed by atoms with Gasteiger partial charge in [-0.05, 0) is 18.5 Å². The van der Waals surface area contributed by atoms with E-state index in [1.54, 1.807) is 0 Å². The van der Waals surface area contributed by atoms with Crippen molar-refractivity contribution in [2.45, 2.75) is 6.42 Å². The first-order chi connectivity index (χ1) is 4.43. The Morgan fingerprint density at radius 1 is 1.09 bits per heavy atom. The molecule has 1 aromatic carbocycles. The van der Waals surface area contributed by atoms with E-state index in [4.69, 9.17) is 5.73 Å². The predicted molar refractivity (Wildman–Crippen MR) is 50.1 cm³/mol. The molecule has 0 saturated heterocycles. The van der Waals surface area contributed by atoms with E-state index in [2.05, 4.69) is 12.1 Å². The van der Waals surface area contributed by atoms with E-state index < -0.39 is 0 Å². The maximum atomic E-state index is 5.36. The van der Waals surface area contributed by atoms with Crippen molar-refractivity contribution >= 4 is 12.4 Å². The largest absolute Gasteiger partial charge is 0.412 e. The summed E-state index contributed by atoms with van der Waals surface area (Å²) < 4.78 is 0. The van der Waals surface area contributed by atoms with Crippen molar-refractivity contribution in [3.8, 4) is 0 Å². The van der Waals surface area contributed by atoms with Crippen LogP contribution >= 0.6 is 12.4 Å². The van der Waals surface area contributed by atoms with Crippen LogP contribution in [0.25, 0.3) is 0 Å². The summed E-state index contributed by atoms with van der Waals surface area (Å²) >= 11 is 0. The van der Waals surface area contributed by atoms with Crippen LogP contribution in [0.1, 0.15) is 5.56 Å². The van der Waals surface area contributed by atoms with E-state index in [-0.39, 0.29) is 17.9 Å². The highest BCUT2D eigenvalue weighted by molar-refractivity contribution is 5.85. The van der Waals surface area contributed by atoms with E-state index in [0.717, 1.165) is 13.0 Å². The van der Waals surface area contributed by atoms with Crippen molar-refractivity contribution in [2.24, 2.45) is 5.73 Å². The summed E-state index contributed by atoms with van der Waals surface area (Å²) in [4.78, 5) is 0. The zero-order valence-corrected chi connectivity index (χ0v) is 7.10. The van der Waals surface area contributed by atoms with E-state index in [0.29, 0.717) is 0 Å². The first kappa shape index (κ1) is 13.1. The molecule has 0 aromatic heterocycles. The molecule has 0 bridgehead atoms. The second-order valence-corrected chi connectivity index (χ2v) is 2.02. The third-order valence-electron chi connectivity index (χ3n) is 1.28. The Bertz CT molecular complexity index is 167. The number of halogens is 1. The van der Waals surface area contributed by atoms with Crippen LogP contribution in [0.5, 0.6) is 0 Å². The standard InChI is InChI=1S/C8H11N.ClH.H2O/c9-7-6-8-4-2-1-3-5-8;;/h1-5H,6-7,9H2;1H;1H2. The Hall–Kier alpha value is -0.570. The van der Waals surface area contributed by atoms with Gasteiger partial charge in [-0.25, -0.2) is 0 Å².